The predicted octanol–water partition coefficient (Wildman–Crippen LogP) is 2.75. The van der Waals surface area contributed by atoms with Gasteiger partial charge in [-0.2, -0.15) is 0 Å². The number of hydrogen-bond donors (Lipinski definition) is 1. The second-order valence-electron chi connectivity index (χ2n) is 4.79. The summed E-state index contributed by atoms with van der Waals surface area (Å²) in [6, 6.07) is 0. The van der Waals surface area contributed by atoms with Crippen LogP contribution in [0.2, 0.25) is 0 Å². The van der Waals surface area contributed by atoms with Gasteiger partial charge in [0.15, 0.2) is 0 Å². The van der Waals surface area contributed by atoms with E-state index >= 15 is 0 Å². The summed E-state index contributed by atoms with van der Waals surface area (Å²) < 4.78 is 5.71. The number of carbonyl (C=O) groups is 2. The number of fused-ring (bicyclic) bond motifs is 1. The van der Waals surface area contributed by atoms with Crippen LogP contribution < -0.4 is 5.32 Å². The summed E-state index contributed by atoms with van der Waals surface area (Å²) in [4.78, 5) is 24.5. The molecule has 1 aliphatic rings. The molecular formula is C12H14BrNO3S. The second-order valence-corrected chi connectivity index (χ2v) is 7.13. The first-order valence-corrected chi connectivity index (χ1v) is 7.27. The number of ether oxygens (including phenoxy) is 1. The first-order chi connectivity index (χ1) is 8.35. The number of rotatable bonds is 2. The number of thiophene rings is 1. The number of esters is 1. The lowest BCUT2D eigenvalue weighted by molar-refractivity contribution is 0.0524. The summed E-state index contributed by atoms with van der Waals surface area (Å²) in [5, 5.41) is 2.92. The van der Waals surface area contributed by atoms with Crippen LogP contribution in [-0.4, -0.2) is 24.0 Å². The highest BCUT2D eigenvalue weighted by atomic mass is 79.9. The van der Waals surface area contributed by atoms with E-state index in [1.54, 1.807) is 6.92 Å². The molecule has 4 nitrogen and oxygen atoms in total. The highest BCUT2D eigenvalue weighted by Gasteiger charge is 2.36. The van der Waals surface area contributed by atoms with Crippen molar-refractivity contribution >= 4 is 39.1 Å². The standard InChI is InChI=1S/C12H14BrNO3S/c1-4-17-11(16)7-6-5-12(2,3)14-10(15)8(6)18-9(7)13/h4-5H2,1-3H3,(H,14,15). The molecule has 1 N–H and O–H groups in total. The van der Waals surface area contributed by atoms with Crippen molar-refractivity contribution in [2.24, 2.45) is 0 Å². The molecule has 1 aliphatic heterocycles. The monoisotopic (exact) mass is 331 g/mol. The molecule has 0 saturated heterocycles. The Hall–Kier alpha value is -0.880. The van der Waals surface area contributed by atoms with Gasteiger partial charge in [0, 0.05) is 5.54 Å². The molecule has 2 heterocycles. The Morgan fingerprint density at radius 3 is 2.83 bits per heavy atom. The van der Waals surface area contributed by atoms with Crippen molar-refractivity contribution < 1.29 is 14.3 Å². The van der Waals surface area contributed by atoms with Crippen LogP contribution in [0.25, 0.3) is 0 Å². The Morgan fingerprint density at radius 1 is 1.56 bits per heavy atom. The molecule has 0 saturated carbocycles. The van der Waals surface area contributed by atoms with Gasteiger partial charge in [-0.05, 0) is 48.7 Å². The molecule has 2 rings (SSSR count). The van der Waals surface area contributed by atoms with E-state index in [0.717, 1.165) is 5.56 Å². The van der Waals surface area contributed by atoms with Crippen LogP contribution in [0.15, 0.2) is 3.79 Å². The van der Waals surface area contributed by atoms with Crippen LogP contribution in [-0.2, 0) is 11.2 Å². The molecule has 0 fully saturated rings. The van der Waals surface area contributed by atoms with Crippen molar-refractivity contribution in [2.75, 3.05) is 6.61 Å². The van der Waals surface area contributed by atoms with Gasteiger partial charge in [0.25, 0.3) is 5.91 Å². The zero-order chi connectivity index (χ0) is 13.5. The molecule has 0 aromatic carbocycles. The summed E-state index contributed by atoms with van der Waals surface area (Å²) in [6.07, 6.45) is 0.629. The van der Waals surface area contributed by atoms with Gasteiger partial charge < -0.3 is 10.1 Å². The fourth-order valence-electron chi connectivity index (χ4n) is 2.04. The third kappa shape index (κ3) is 2.31. The van der Waals surface area contributed by atoms with Gasteiger partial charge in [-0.1, -0.05) is 0 Å². The fraction of sp³-hybridized carbons (Fsp3) is 0.500. The third-order valence-electron chi connectivity index (χ3n) is 2.72. The maximum absolute atomic E-state index is 12.0. The number of nitrogens with one attached hydrogen (secondary N) is 1. The van der Waals surface area contributed by atoms with E-state index in [9.17, 15) is 9.59 Å². The van der Waals surface area contributed by atoms with E-state index in [1.807, 2.05) is 13.8 Å². The van der Waals surface area contributed by atoms with Crippen LogP contribution >= 0.6 is 27.3 Å². The molecule has 1 amide bonds. The summed E-state index contributed by atoms with van der Waals surface area (Å²) >= 11 is 4.63. The van der Waals surface area contributed by atoms with E-state index in [1.165, 1.54) is 11.3 Å². The van der Waals surface area contributed by atoms with Crippen LogP contribution in [0, 0.1) is 0 Å². The van der Waals surface area contributed by atoms with Crippen molar-refractivity contribution in [3.05, 3.63) is 19.8 Å². The molecule has 0 unspecified atom stereocenters. The second kappa shape index (κ2) is 4.66. The normalized spacial score (nSPS) is 17.0. The summed E-state index contributed by atoms with van der Waals surface area (Å²) in [7, 11) is 0. The first kappa shape index (κ1) is 13.5. The molecule has 6 heteroatoms. The van der Waals surface area contributed by atoms with Crippen molar-refractivity contribution in [2.45, 2.75) is 32.7 Å². The van der Waals surface area contributed by atoms with E-state index in [4.69, 9.17) is 4.74 Å². The quantitative estimate of drug-likeness (QED) is 0.848. The van der Waals surface area contributed by atoms with Crippen molar-refractivity contribution in [1.29, 1.82) is 0 Å². The lowest BCUT2D eigenvalue weighted by atomic mass is 9.89. The fourth-order valence-corrected chi connectivity index (χ4v) is 3.86. The Morgan fingerprint density at radius 2 is 2.22 bits per heavy atom. The van der Waals surface area contributed by atoms with Gasteiger partial charge in [0.05, 0.1) is 20.8 Å². The van der Waals surface area contributed by atoms with E-state index in [2.05, 4.69) is 21.2 Å². The Kier molecular flexibility index (Phi) is 3.51. The zero-order valence-corrected chi connectivity index (χ0v) is 12.8. The largest absolute Gasteiger partial charge is 0.462 e. The molecule has 0 spiro atoms. The van der Waals surface area contributed by atoms with Gasteiger partial charge in [-0.15, -0.1) is 11.3 Å². The van der Waals surface area contributed by atoms with Crippen LogP contribution in [0.4, 0.5) is 0 Å². The van der Waals surface area contributed by atoms with E-state index in [0.29, 0.717) is 27.3 Å². The third-order valence-corrected chi connectivity index (χ3v) is 4.62. The number of carbonyl (C=O) groups excluding carboxylic acids is 2. The van der Waals surface area contributed by atoms with Gasteiger partial charge in [-0.3, -0.25) is 4.79 Å². The lowest BCUT2D eigenvalue weighted by Crippen LogP contribution is -2.48. The zero-order valence-electron chi connectivity index (χ0n) is 10.4. The molecule has 0 aliphatic carbocycles. The predicted molar refractivity (Wildman–Crippen MR) is 73.2 cm³/mol. The Labute approximate surface area is 118 Å². The van der Waals surface area contributed by atoms with Crippen molar-refractivity contribution in [1.82, 2.24) is 5.32 Å². The number of halogens is 1. The van der Waals surface area contributed by atoms with Gasteiger partial charge in [0.2, 0.25) is 0 Å². The average Bonchev–Trinajstić information content (AvgIpc) is 2.53. The molecule has 1 aromatic heterocycles. The van der Waals surface area contributed by atoms with Gasteiger partial charge in [0.1, 0.15) is 0 Å². The SMILES string of the molecule is CCOC(=O)c1c(Br)sc2c1CC(C)(C)NC2=O. The van der Waals surface area contributed by atoms with E-state index in [-0.39, 0.29) is 17.4 Å². The molecule has 18 heavy (non-hydrogen) atoms. The maximum Gasteiger partial charge on any atom is 0.340 e. The number of hydrogen-bond acceptors (Lipinski definition) is 4. The van der Waals surface area contributed by atoms with Crippen LogP contribution in [0.1, 0.15) is 46.4 Å². The van der Waals surface area contributed by atoms with Crippen LogP contribution in [0.5, 0.6) is 0 Å². The minimum Gasteiger partial charge on any atom is -0.462 e. The molecule has 98 valence electrons. The van der Waals surface area contributed by atoms with Crippen molar-refractivity contribution in [3.63, 3.8) is 0 Å². The summed E-state index contributed by atoms with van der Waals surface area (Å²) in [5.41, 5.74) is 0.949. The average molecular weight is 332 g/mol. The minimum atomic E-state index is -0.368. The van der Waals surface area contributed by atoms with Gasteiger partial charge in [-0.25, -0.2) is 4.79 Å². The van der Waals surface area contributed by atoms with Crippen LogP contribution in [0.3, 0.4) is 0 Å². The summed E-state index contributed by atoms with van der Waals surface area (Å²) in [6.45, 7) is 5.97. The Bertz CT molecular complexity index is 522. The Balaban J connectivity index is 2.51. The van der Waals surface area contributed by atoms with Gasteiger partial charge >= 0.3 is 5.97 Å². The molecule has 0 bridgehead atoms. The smallest absolute Gasteiger partial charge is 0.340 e. The molecule has 0 radical (unpaired) electrons. The first-order valence-electron chi connectivity index (χ1n) is 5.66. The summed E-state index contributed by atoms with van der Waals surface area (Å²) in [5.74, 6) is -0.491. The minimum absolute atomic E-state index is 0.123. The topological polar surface area (TPSA) is 55.4 Å². The molecular weight excluding hydrogens is 318 g/mol. The highest BCUT2D eigenvalue weighted by Crippen LogP contribution is 2.38. The van der Waals surface area contributed by atoms with Crippen molar-refractivity contribution in [3.8, 4) is 0 Å². The molecule has 0 atom stereocenters. The maximum atomic E-state index is 12.0. The highest BCUT2D eigenvalue weighted by molar-refractivity contribution is 9.11. The lowest BCUT2D eigenvalue weighted by Gasteiger charge is -2.30. The number of amides is 1. The van der Waals surface area contributed by atoms with E-state index < -0.39 is 0 Å². The molecule has 1 aromatic rings.